The number of nitrogens with two attached hydrogens (primary N) is 1. The summed E-state index contributed by atoms with van der Waals surface area (Å²) in [7, 11) is 0. The van der Waals surface area contributed by atoms with Crippen molar-refractivity contribution < 1.29 is 0 Å². The van der Waals surface area contributed by atoms with Gasteiger partial charge in [0.05, 0.1) is 0 Å². The molecule has 0 radical (unpaired) electrons. The number of nitrogen functional groups attached to an aromatic ring is 1. The van der Waals surface area contributed by atoms with E-state index >= 15 is 0 Å². The Labute approximate surface area is 95.0 Å². The summed E-state index contributed by atoms with van der Waals surface area (Å²) in [6, 6.07) is 3.48. The van der Waals surface area contributed by atoms with Crippen molar-refractivity contribution >= 4 is 23.1 Å². The molecule has 0 bridgehead atoms. The quantitative estimate of drug-likeness (QED) is 0.778. The van der Waals surface area contributed by atoms with Crippen LogP contribution in [0, 0.1) is 5.92 Å². The van der Waals surface area contributed by atoms with E-state index in [1.54, 1.807) is 6.07 Å². The van der Waals surface area contributed by atoms with Gasteiger partial charge in [0.15, 0.2) is 0 Å². The molecule has 0 saturated heterocycles. The molecule has 1 heterocycles. The molecule has 0 aliphatic heterocycles. The molecule has 2 rings (SSSR count). The van der Waals surface area contributed by atoms with Crippen molar-refractivity contribution in [2.45, 2.75) is 25.7 Å². The number of halogens is 1. The fraction of sp³-hybridized carbons (Fsp3) is 0.545. The van der Waals surface area contributed by atoms with Gasteiger partial charge in [-0.3, -0.25) is 0 Å². The zero-order valence-corrected chi connectivity index (χ0v) is 9.43. The van der Waals surface area contributed by atoms with Gasteiger partial charge in [-0.05, 0) is 24.8 Å². The Hall–Kier alpha value is -0.960. The van der Waals surface area contributed by atoms with Crippen LogP contribution < -0.4 is 11.1 Å². The molecule has 1 saturated carbocycles. The largest absolute Gasteiger partial charge is 0.399 e. The van der Waals surface area contributed by atoms with E-state index in [0.29, 0.717) is 10.8 Å². The first-order valence-electron chi connectivity index (χ1n) is 5.41. The number of pyridine rings is 1. The second-order valence-electron chi connectivity index (χ2n) is 4.14. The van der Waals surface area contributed by atoms with E-state index in [1.807, 2.05) is 6.07 Å². The van der Waals surface area contributed by atoms with Crippen LogP contribution >= 0.6 is 11.6 Å². The van der Waals surface area contributed by atoms with Crippen LogP contribution in [-0.4, -0.2) is 11.5 Å². The molecule has 1 aromatic heterocycles. The van der Waals surface area contributed by atoms with Crippen LogP contribution in [0.3, 0.4) is 0 Å². The first kappa shape index (κ1) is 10.6. The Morgan fingerprint density at radius 1 is 1.40 bits per heavy atom. The Bertz CT molecular complexity index is 314. The summed E-state index contributed by atoms with van der Waals surface area (Å²) >= 11 is 5.81. The molecule has 15 heavy (non-hydrogen) atoms. The maximum Gasteiger partial charge on any atom is 0.133 e. The van der Waals surface area contributed by atoms with Crippen LogP contribution in [0.25, 0.3) is 0 Å². The summed E-state index contributed by atoms with van der Waals surface area (Å²) < 4.78 is 0. The Kier molecular flexibility index (Phi) is 3.31. The average molecular weight is 226 g/mol. The molecule has 82 valence electrons. The summed E-state index contributed by atoms with van der Waals surface area (Å²) in [5, 5.41) is 3.74. The standard InChI is InChI=1S/C11H16ClN3/c12-10-5-9(13)6-11(15-10)14-7-8-3-1-2-4-8/h5-6,8H,1-4,7H2,(H3,13,14,15). The summed E-state index contributed by atoms with van der Waals surface area (Å²) in [6.07, 6.45) is 5.36. The summed E-state index contributed by atoms with van der Waals surface area (Å²) in [5.74, 6) is 1.57. The minimum absolute atomic E-state index is 0.448. The summed E-state index contributed by atoms with van der Waals surface area (Å²) in [6.45, 7) is 0.979. The van der Waals surface area contributed by atoms with Crippen molar-refractivity contribution in [3.63, 3.8) is 0 Å². The number of nitrogens with one attached hydrogen (secondary N) is 1. The van der Waals surface area contributed by atoms with Crippen molar-refractivity contribution in [3.8, 4) is 0 Å². The van der Waals surface area contributed by atoms with E-state index in [2.05, 4.69) is 10.3 Å². The highest BCUT2D eigenvalue weighted by molar-refractivity contribution is 6.29. The van der Waals surface area contributed by atoms with Crippen molar-refractivity contribution in [1.82, 2.24) is 4.98 Å². The second kappa shape index (κ2) is 4.71. The Morgan fingerprint density at radius 3 is 2.80 bits per heavy atom. The molecule has 1 aromatic rings. The fourth-order valence-electron chi connectivity index (χ4n) is 2.07. The van der Waals surface area contributed by atoms with Crippen LogP contribution in [0.5, 0.6) is 0 Å². The highest BCUT2D eigenvalue weighted by Gasteiger charge is 2.14. The third kappa shape index (κ3) is 2.99. The Morgan fingerprint density at radius 2 is 2.13 bits per heavy atom. The molecular formula is C11H16ClN3. The number of hydrogen-bond donors (Lipinski definition) is 2. The van der Waals surface area contributed by atoms with Crippen LogP contribution in [-0.2, 0) is 0 Å². The molecule has 3 nitrogen and oxygen atoms in total. The van der Waals surface area contributed by atoms with E-state index in [0.717, 1.165) is 18.3 Å². The highest BCUT2D eigenvalue weighted by Crippen LogP contribution is 2.25. The van der Waals surface area contributed by atoms with Crippen LogP contribution in [0.4, 0.5) is 11.5 Å². The Balaban J connectivity index is 1.92. The zero-order valence-electron chi connectivity index (χ0n) is 8.67. The zero-order chi connectivity index (χ0) is 10.7. The topological polar surface area (TPSA) is 50.9 Å². The lowest BCUT2D eigenvalue weighted by atomic mass is 10.1. The molecule has 4 heteroatoms. The van der Waals surface area contributed by atoms with Gasteiger partial charge >= 0.3 is 0 Å². The van der Waals surface area contributed by atoms with Crippen molar-refractivity contribution in [1.29, 1.82) is 0 Å². The molecule has 1 aliphatic rings. The minimum atomic E-state index is 0.448. The highest BCUT2D eigenvalue weighted by atomic mass is 35.5. The lowest BCUT2D eigenvalue weighted by Gasteiger charge is -2.11. The molecule has 1 aliphatic carbocycles. The van der Waals surface area contributed by atoms with Gasteiger partial charge in [0.2, 0.25) is 0 Å². The minimum Gasteiger partial charge on any atom is -0.399 e. The number of nitrogens with zero attached hydrogens (tertiary/aromatic N) is 1. The smallest absolute Gasteiger partial charge is 0.133 e. The first-order chi connectivity index (χ1) is 7.24. The monoisotopic (exact) mass is 225 g/mol. The van der Waals surface area contributed by atoms with Gasteiger partial charge in [-0.25, -0.2) is 4.98 Å². The maximum atomic E-state index is 5.81. The van der Waals surface area contributed by atoms with Gasteiger partial charge in [-0.2, -0.15) is 0 Å². The van der Waals surface area contributed by atoms with Crippen molar-refractivity contribution in [3.05, 3.63) is 17.3 Å². The second-order valence-corrected chi connectivity index (χ2v) is 4.53. The number of anilines is 2. The summed E-state index contributed by atoms with van der Waals surface area (Å²) in [4.78, 5) is 4.17. The molecule has 0 atom stereocenters. The molecule has 0 aromatic carbocycles. The van der Waals surface area contributed by atoms with Crippen LogP contribution in [0.1, 0.15) is 25.7 Å². The predicted octanol–water partition coefficient (Wildman–Crippen LogP) is 2.92. The van der Waals surface area contributed by atoms with E-state index in [1.165, 1.54) is 25.7 Å². The molecule has 0 amide bonds. The predicted molar refractivity (Wildman–Crippen MR) is 64.1 cm³/mol. The molecule has 0 spiro atoms. The maximum absolute atomic E-state index is 5.81. The number of rotatable bonds is 3. The average Bonchev–Trinajstić information content (AvgIpc) is 2.65. The van der Waals surface area contributed by atoms with E-state index in [-0.39, 0.29) is 0 Å². The third-order valence-corrected chi connectivity index (χ3v) is 3.06. The normalized spacial score (nSPS) is 16.9. The van der Waals surface area contributed by atoms with Gasteiger partial charge < -0.3 is 11.1 Å². The van der Waals surface area contributed by atoms with E-state index in [4.69, 9.17) is 17.3 Å². The fourth-order valence-corrected chi connectivity index (χ4v) is 2.29. The van der Waals surface area contributed by atoms with Crippen LogP contribution in [0.15, 0.2) is 12.1 Å². The van der Waals surface area contributed by atoms with E-state index < -0.39 is 0 Å². The SMILES string of the molecule is Nc1cc(Cl)nc(NCC2CCCC2)c1. The molecule has 0 unspecified atom stereocenters. The van der Waals surface area contributed by atoms with Gasteiger partial charge in [-0.15, -0.1) is 0 Å². The van der Waals surface area contributed by atoms with Gasteiger partial charge in [-0.1, -0.05) is 24.4 Å². The lowest BCUT2D eigenvalue weighted by molar-refractivity contribution is 0.579. The van der Waals surface area contributed by atoms with Gasteiger partial charge in [0.1, 0.15) is 11.0 Å². The molecule has 3 N–H and O–H groups in total. The van der Waals surface area contributed by atoms with Gasteiger partial charge in [0.25, 0.3) is 0 Å². The first-order valence-corrected chi connectivity index (χ1v) is 5.79. The number of hydrogen-bond acceptors (Lipinski definition) is 3. The lowest BCUT2D eigenvalue weighted by Crippen LogP contribution is -2.12. The number of aromatic nitrogens is 1. The molecular weight excluding hydrogens is 210 g/mol. The van der Waals surface area contributed by atoms with E-state index in [9.17, 15) is 0 Å². The van der Waals surface area contributed by atoms with Crippen molar-refractivity contribution in [2.24, 2.45) is 5.92 Å². The third-order valence-electron chi connectivity index (χ3n) is 2.86. The summed E-state index contributed by atoms with van der Waals surface area (Å²) in [5.41, 5.74) is 6.34. The van der Waals surface area contributed by atoms with Crippen LogP contribution in [0.2, 0.25) is 5.15 Å². The molecule has 1 fully saturated rings. The van der Waals surface area contributed by atoms with Gasteiger partial charge in [0, 0.05) is 18.3 Å². The van der Waals surface area contributed by atoms with Crippen molar-refractivity contribution in [2.75, 3.05) is 17.6 Å².